The molecule has 2 aromatic carbocycles. The summed E-state index contributed by atoms with van der Waals surface area (Å²) in [6, 6.07) is 15.9. The van der Waals surface area contributed by atoms with Crippen LogP contribution in [-0.4, -0.2) is 16.8 Å². The van der Waals surface area contributed by atoms with E-state index in [0.717, 1.165) is 29.5 Å². The van der Waals surface area contributed by atoms with Crippen LogP contribution in [-0.2, 0) is 6.61 Å². The lowest BCUT2D eigenvalue weighted by Crippen LogP contribution is -1.97. The Morgan fingerprint density at radius 3 is 2.52 bits per heavy atom. The molecule has 0 bridgehead atoms. The van der Waals surface area contributed by atoms with Gasteiger partial charge in [0.25, 0.3) is 5.89 Å². The van der Waals surface area contributed by atoms with E-state index in [1.165, 1.54) is 6.07 Å². The fourth-order valence-corrected chi connectivity index (χ4v) is 2.73. The Bertz CT molecular complexity index is 1150. The third-order valence-corrected chi connectivity index (χ3v) is 4.29. The number of ether oxygens (including phenoxy) is 2. The largest absolute Gasteiger partial charge is 0.494 e. The number of unbranched alkanes of at least 4 members (excludes halogenated alkanes) is 1. The molecule has 0 saturated heterocycles. The maximum Gasteiger partial charge on any atom is 0.336 e. The maximum atomic E-state index is 11.3. The Morgan fingerprint density at radius 1 is 0.897 bits per heavy atom. The Hall–Kier alpha value is -3.61. The van der Waals surface area contributed by atoms with E-state index in [1.807, 2.05) is 30.3 Å². The normalized spacial score (nSPS) is 10.9. The molecular weight excluding hydrogens is 372 g/mol. The fraction of sp³-hybridized carbons (Fsp3) is 0.227. The standard InChI is InChI=1S/C22H20N2O5/c1-2-3-12-26-17-8-5-16(6-9-17)22-24-23-20(29-22)14-27-18-10-4-15-7-11-21(25)28-19(15)13-18/h4-11,13H,2-3,12,14H2,1H3. The van der Waals surface area contributed by atoms with Gasteiger partial charge in [-0.3, -0.25) is 0 Å². The van der Waals surface area contributed by atoms with Crippen molar-refractivity contribution < 1.29 is 18.3 Å². The van der Waals surface area contributed by atoms with Gasteiger partial charge in [-0.2, -0.15) is 0 Å². The van der Waals surface area contributed by atoms with Gasteiger partial charge in [-0.1, -0.05) is 13.3 Å². The molecule has 7 nitrogen and oxygen atoms in total. The maximum absolute atomic E-state index is 11.3. The molecule has 4 aromatic rings. The predicted molar refractivity (Wildman–Crippen MR) is 107 cm³/mol. The molecule has 7 heteroatoms. The monoisotopic (exact) mass is 392 g/mol. The lowest BCUT2D eigenvalue weighted by atomic mass is 10.2. The van der Waals surface area contributed by atoms with Crippen molar-refractivity contribution in [2.24, 2.45) is 0 Å². The summed E-state index contributed by atoms with van der Waals surface area (Å²) in [5, 5.41) is 8.91. The van der Waals surface area contributed by atoms with Gasteiger partial charge in [0.15, 0.2) is 6.61 Å². The first-order valence-corrected chi connectivity index (χ1v) is 9.43. The van der Waals surface area contributed by atoms with Crippen molar-refractivity contribution in [2.45, 2.75) is 26.4 Å². The lowest BCUT2D eigenvalue weighted by Gasteiger charge is -2.05. The van der Waals surface area contributed by atoms with E-state index in [9.17, 15) is 4.79 Å². The Morgan fingerprint density at radius 2 is 1.69 bits per heavy atom. The number of aromatic nitrogens is 2. The summed E-state index contributed by atoms with van der Waals surface area (Å²) >= 11 is 0. The zero-order valence-electron chi connectivity index (χ0n) is 16.0. The summed E-state index contributed by atoms with van der Waals surface area (Å²) in [5.74, 6) is 2.11. The van der Waals surface area contributed by atoms with Gasteiger partial charge >= 0.3 is 5.63 Å². The zero-order chi connectivity index (χ0) is 20.1. The first-order valence-electron chi connectivity index (χ1n) is 9.43. The van der Waals surface area contributed by atoms with E-state index in [4.69, 9.17) is 18.3 Å². The van der Waals surface area contributed by atoms with E-state index in [-0.39, 0.29) is 6.61 Å². The molecule has 148 valence electrons. The SMILES string of the molecule is CCCCOc1ccc(-c2nnc(COc3ccc4ccc(=O)oc4c3)o2)cc1. The highest BCUT2D eigenvalue weighted by Crippen LogP contribution is 2.23. The van der Waals surface area contributed by atoms with Crippen LogP contribution in [0.25, 0.3) is 22.4 Å². The molecule has 0 aliphatic carbocycles. The molecule has 0 N–H and O–H groups in total. The summed E-state index contributed by atoms with van der Waals surface area (Å²) < 4.78 is 22.2. The molecule has 0 aliphatic heterocycles. The van der Waals surface area contributed by atoms with Gasteiger partial charge < -0.3 is 18.3 Å². The average Bonchev–Trinajstić information content (AvgIpc) is 3.22. The molecule has 0 fully saturated rings. The first-order chi connectivity index (χ1) is 14.2. The molecule has 4 rings (SSSR count). The lowest BCUT2D eigenvalue weighted by molar-refractivity contribution is 0.264. The number of fused-ring (bicyclic) bond motifs is 1. The van der Waals surface area contributed by atoms with Crippen LogP contribution in [0, 0.1) is 0 Å². The van der Waals surface area contributed by atoms with Gasteiger partial charge in [0.1, 0.15) is 17.1 Å². The highest BCUT2D eigenvalue weighted by Gasteiger charge is 2.10. The minimum Gasteiger partial charge on any atom is -0.494 e. The van der Waals surface area contributed by atoms with Crippen LogP contribution in [0.4, 0.5) is 0 Å². The summed E-state index contributed by atoms with van der Waals surface area (Å²) in [4.78, 5) is 11.3. The molecular formula is C22H20N2O5. The van der Waals surface area contributed by atoms with Crippen molar-refractivity contribution in [1.82, 2.24) is 10.2 Å². The Labute approximate surface area is 166 Å². The van der Waals surface area contributed by atoms with E-state index in [2.05, 4.69) is 17.1 Å². The number of rotatable bonds is 8. The van der Waals surface area contributed by atoms with Crippen LogP contribution in [0.5, 0.6) is 11.5 Å². The molecule has 0 spiro atoms. The second kappa shape index (κ2) is 8.60. The first kappa shape index (κ1) is 18.7. The summed E-state index contributed by atoms with van der Waals surface area (Å²) in [6.07, 6.45) is 2.12. The van der Waals surface area contributed by atoms with Gasteiger partial charge in [0.05, 0.1) is 6.61 Å². The highest BCUT2D eigenvalue weighted by atomic mass is 16.5. The van der Waals surface area contributed by atoms with Crippen molar-refractivity contribution in [3.63, 3.8) is 0 Å². The van der Waals surface area contributed by atoms with E-state index >= 15 is 0 Å². The molecule has 0 saturated carbocycles. The molecule has 0 atom stereocenters. The highest BCUT2D eigenvalue weighted by molar-refractivity contribution is 5.77. The third kappa shape index (κ3) is 4.63. The smallest absolute Gasteiger partial charge is 0.336 e. The van der Waals surface area contributed by atoms with Gasteiger partial charge in [-0.05, 0) is 48.9 Å². The van der Waals surface area contributed by atoms with Crippen molar-refractivity contribution in [3.05, 3.63) is 70.9 Å². The van der Waals surface area contributed by atoms with Gasteiger partial charge in [-0.25, -0.2) is 4.79 Å². The number of hydrogen-bond acceptors (Lipinski definition) is 7. The van der Waals surface area contributed by atoms with Crippen LogP contribution >= 0.6 is 0 Å². The van der Waals surface area contributed by atoms with Crippen LogP contribution in [0.15, 0.2) is 68.2 Å². The summed E-state index contributed by atoms with van der Waals surface area (Å²) in [6.45, 7) is 2.94. The second-order valence-electron chi connectivity index (χ2n) is 6.47. The molecule has 0 unspecified atom stereocenters. The minimum atomic E-state index is -0.405. The van der Waals surface area contributed by atoms with E-state index in [1.54, 1.807) is 18.2 Å². The second-order valence-corrected chi connectivity index (χ2v) is 6.47. The number of benzene rings is 2. The van der Waals surface area contributed by atoms with Crippen molar-refractivity contribution in [3.8, 4) is 23.0 Å². The van der Waals surface area contributed by atoms with Gasteiger partial charge in [-0.15, -0.1) is 10.2 Å². The van der Waals surface area contributed by atoms with Crippen LogP contribution in [0.2, 0.25) is 0 Å². The Balaban J connectivity index is 1.40. The zero-order valence-corrected chi connectivity index (χ0v) is 16.0. The van der Waals surface area contributed by atoms with Gasteiger partial charge in [0.2, 0.25) is 5.89 Å². The van der Waals surface area contributed by atoms with E-state index in [0.29, 0.717) is 29.7 Å². The van der Waals surface area contributed by atoms with E-state index < -0.39 is 5.63 Å². The van der Waals surface area contributed by atoms with Crippen LogP contribution in [0.3, 0.4) is 0 Å². The topological polar surface area (TPSA) is 87.6 Å². The fourth-order valence-electron chi connectivity index (χ4n) is 2.73. The van der Waals surface area contributed by atoms with Crippen molar-refractivity contribution >= 4 is 11.0 Å². The van der Waals surface area contributed by atoms with Crippen molar-refractivity contribution in [2.75, 3.05) is 6.61 Å². The summed E-state index contributed by atoms with van der Waals surface area (Å²) in [5.41, 5.74) is 0.861. The molecule has 0 aliphatic rings. The molecule has 0 radical (unpaired) electrons. The minimum absolute atomic E-state index is 0.105. The predicted octanol–water partition coefficient (Wildman–Crippen LogP) is 4.60. The molecule has 2 heterocycles. The molecule has 0 amide bonds. The molecule has 29 heavy (non-hydrogen) atoms. The summed E-state index contributed by atoms with van der Waals surface area (Å²) in [7, 11) is 0. The third-order valence-electron chi connectivity index (χ3n) is 4.29. The van der Waals surface area contributed by atoms with Crippen molar-refractivity contribution in [1.29, 1.82) is 0 Å². The van der Waals surface area contributed by atoms with Crippen LogP contribution < -0.4 is 15.1 Å². The molecule has 2 aromatic heterocycles. The Kier molecular flexibility index (Phi) is 5.56. The quantitative estimate of drug-likeness (QED) is 0.320. The average molecular weight is 392 g/mol. The number of hydrogen-bond donors (Lipinski definition) is 0. The van der Waals surface area contributed by atoms with Crippen LogP contribution in [0.1, 0.15) is 25.7 Å². The van der Waals surface area contributed by atoms with Gasteiger partial charge in [0, 0.05) is 23.1 Å². The number of nitrogens with zero attached hydrogens (tertiary/aromatic N) is 2.